The van der Waals surface area contributed by atoms with Crippen LogP contribution in [-0.4, -0.2) is 53.7 Å². The Labute approximate surface area is 155 Å². The average molecular weight is 368 g/mol. The number of nitrogens with one attached hydrogen (secondary N) is 1. The molecule has 1 aliphatic heterocycles. The van der Waals surface area contributed by atoms with Crippen LogP contribution in [0, 0.1) is 5.92 Å². The summed E-state index contributed by atoms with van der Waals surface area (Å²) in [5.74, 6) is -0.337. The van der Waals surface area contributed by atoms with E-state index in [1.165, 1.54) is 0 Å². The van der Waals surface area contributed by atoms with Crippen molar-refractivity contribution in [1.82, 2.24) is 10.2 Å². The van der Waals surface area contributed by atoms with Gasteiger partial charge in [-0.1, -0.05) is 6.42 Å². The van der Waals surface area contributed by atoms with Crippen molar-refractivity contribution in [1.29, 1.82) is 0 Å². The van der Waals surface area contributed by atoms with E-state index in [-0.39, 0.29) is 29.9 Å². The number of carbonyl (C=O) groups excluding carboxylic acids is 3. The molecule has 2 fully saturated rings. The molecule has 7 nitrogen and oxygen atoms in total. The van der Waals surface area contributed by atoms with Crippen molar-refractivity contribution in [3.63, 3.8) is 0 Å². The zero-order valence-corrected chi connectivity index (χ0v) is 16.4. The van der Waals surface area contributed by atoms with Gasteiger partial charge in [-0.05, 0) is 52.9 Å². The minimum Gasteiger partial charge on any atom is -0.460 e. The Kier molecular flexibility index (Phi) is 6.89. The largest absolute Gasteiger partial charge is 0.460 e. The number of nitrogens with zero attached hydrogens (tertiary/aromatic N) is 1. The lowest BCUT2D eigenvalue weighted by molar-refractivity contribution is -0.159. The first kappa shape index (κ1) is 20.5. The number of piperidine rings is 1. The van der Waals surface area contributed by atoms with E-state index in [0.717, 1.165) is 25.7 Å². The van der Waals surface area contributed by atoms with Crippen molar-refractivity contribution < 1.29 is 23.9 Å². The summed E-state index contributed by atoms with van der Waals surface area (Å²) in [4.78, 5) is 37.7. The van der Waals surface area contributed by atoms with Crippen LogP contribution in [0.2, 0.25) is 0 Å². The highest BCUT2D eigenvalue weighted by Gasteiger charge is 2.34. The van der Waals surface area contributed by atoms with Crippen LogP contribution >= 0.6 is 0 Å². The Hall–Kier alpha value is -1.79. The molecule has 1 saturated heterocycles. The van der Waals surface area contributed by atoms with Crippen molar-refractivity contribution in [2.75, 3.05) is 13.1 Å². The maximum Gasteiger partial charge on any atom is 0.408 e. The number of likely N-dealkylation sites (tertiary alicyclic amines) is 1. The van der Waals surface area contributed by atoms with Gasteiger partial charge in [0, 0.05) is 20.0 Å². The molecular formula is C19H32N2O5. The van der Waals surface area contributed by atoms with Crippen LogP contribution in [0.3, 0.4) is 0 Å². The number of esters is 1. The van der Waals surface area contributed by atoms with Crippen molar-refractivity contribution in [3.05, 3.63) is 0 Å². The SMILES string of the molecule is CC(=O)N1CCC(C(=O)O[C@@H]2CCCC[C@H]2NC(=O)OC(C)(C)C)CC1. The van der Waals surface area contributed by atoms with Gasteiger partial charge in [0.05, 0.1) is 12.0 Å². The Morgan fingerprint density at radius 3 is 2.19 bits per heavy atom. The summed E-state index contributed by atoms with van der Waals surface area (Å²) in [5, 5.41) is 2.86. The summed E-state index contributed by atoms with van der Waals surface area (Å²) in [6.07, 6.45) is 3.98. The van der Waals surface area contributed by atoms with Gasteiger partial charge in [0.2, 0.25) is 5.91 Å². The zero-order chi connectivity index (χ0) is 19.3. The first-order chi connectivity index (χ1) is 12.2. The second-order valence-electron chi connectivity index (χ2n) is 8.29. The molecule has 1 heterocycles. The summed E-state index contributed by atoms with van der Waals surface area (Å²) in [7, 11) is 0. The molecule has 0 aromatic heterocycles. The van der Waals surface area contributed by atoms with Gasteiger partial charge in [-0.2, -0.15) is 0 Å². The molecule has 1 aliphatic carbocycles. The van der Waals surface area contributed by atoms with Crippen LogP contribution in [0.5, 0.6) is 0 Å². The third-order valence-electron chi connectivity index (χ3n) is 4.95. The van der Waals surface area contributed by atoms with Crippen molar-refractivity contribution in [2.24, 2.45) is 5.92 Å². The highest BCUT2D eigenvalue weighted by atomic mass is 16.6. The molecule has 148 valence electrons. The van der Waals surface area contributed by atoms with Gasteiger partial charge in [0.15, 0.2) is 0 Å². The molecule has 0 unspecified atom stereocenters. The van der Waals surface area contributed by atoms with Gasteiger partial charge in [0.1, 0.15) is 11.7 Å². The fraction of sp³-hybridized carbons (Fsp3) is 0.842. The third kappa shape index (κ3) is 6.18. The smallest absolute Gasteiger partial charge is 0.408 e. The predicted molar refractivity (Wildman–Crippen MR) is 96.5 cm³/mol. The number of carbonyl (C=O) groups is 3. The number of hydrogen-bond donors (Lipinski definition) is 1. The molecule has 0 bridgehead atoms. The Bertz CT molecular complexity index is 521. The van der Waals surface area contributed by atoms with E-state index in [4.69, 9.17) is 9.47 Å². The van der Waals surface area contributed by atoms with Crippen LogP contribution in [0.25, 0.3) is 0 Å². The average Bonchev–Trinajstić information content (AvgIpc) is 2.55. The monoisotopic (exact) mass is 368 g/mol. The minimum absolute atomic E-state index is 0.0470. The topological polar surface area (TPSA) is 84.9 Å². The summed E-state index contributed by atoms with van der Waals surface area (Å²) in [6, 6.07) is -0.208. The number of hydrogen-bond acceptors (Lipinski definition) is 5. The number of rotatable bonds is 3. The lowest BCUT2D eigenvalue weighted by Crippen LogP contribution is -2.49. The molecule has 2 aliphatic rings. The quantitative estimate of drug-likeness (QED) is 0.774. The minimum atomic E-state index is -0.560. The predicted octanol–water partition coefficient (Wildman–Crippen LogP) is 2.62. The first-order valence-electron chi connectivity index (χ1n) is 9.61. The second-order valence-corrected chi connectivity index (χ2v) is 8.29. The molecule has 2 atom stereocenters. The van der Waals surface area contributed by atoms with Crippen molar-refractivity contribution in [3.8, 4) is 0 Å². The van der Waals surface area contributed by atoms with E-state index in [1.54, 1.807) is 11.8 Å². The molecule has 26 heavy (non-hydrogen) atoms. The van der Waals surface area contributed by atoms with E-state index in [1.807, 2.05) is 20.8 Å². The first-order valence-corrected chi connectivity index (χ1v) is 9.61. The van der Waals surface area contributed by atoms with Crippen LogP contribution in [0.15, 0.2) is 0 Å². The molecule has 0 radical (unpaired) electrons. The number of amides is 2. The molecule has 0 spiro atoms. The Balaban J connectivity index is 1.86. The van der Waals surface area contributed by atoms with Gasteiger partial charge in [0.25, 0.3) is 0 Å². The van der Waals surface area contributed by atoms with Crippen LogP contribution in [0.1, 0.15) is 66.2 Å². The van der Waals surface area contributed by atoms with Gasteiger partial charge < -0.3 is 19.7 Å². The Morgan fingerprint density at radius 1 is 1.00 bits per heavy atom. The summed E-state index contributed by atoms with van der Waals surface area (Å²) in [5.41, 5.74) is -0.560. The van der Waals surface area contributed by atoms with E-state index < -0.39 is 11.7 Å². The van der Waals surface area contributed by atoms with Crippen LogP contribution in [-0.2, 0) is 19.1 Å². The van der Waals surface area contributed by atoms with Gasteiger partial charge in [-0.25, -0.2) is 4.79 Å². The van der Waals surface area contributed by atoms with E-state index >= 15 is 0 Å². The van der Waals surface area contributed by atoms with E-state index in [0.29, 0.717) is 25.9 Å². The normalized spacial score (nSPS) is 24.7. The van der Waals surface area contributed by atoms with Crippen LogP contribution in [0.4, 0.5) is 4.79 Å². The van der Waals surface area contributed by atoms with E-state index in [2.05, 4.69) is 5.32 Å². The number of ether oxygens (including phenoxy) is 2. The zero-order valence-electron chi connectivity index (χ0n) is 16.4. The molecular weight excluding hydrogens is 336 g/mol. The summed E-state index contributed by atoms with van der Waals surface area (Å²) >= 11 is 0. The van der Waals surface area contributed by atoms with Gasteiger partial charge in [-0.3, -0.25) is 9.59 Å². The molecule has 0 aromatic carbocycles. The maximum atomic E-state index is 12.5. The second kappa shape index (κ2) is 8.73. The summed E-state index contributed by atoms with van der Waals surface area (Å²) < 4.78 is 11.1. The van der Waals surface area contributed by atoms with Crippen LogP contribution < -0.4 is 5.32 Å². The molecule has 2 amide bonds. The van der Waals surface area contributed by atoms with E-state index in [9.17, 15) is 14.4 Å². The lowest BCUT2D eigenvalue weighted by atomic mass is 9.91. The lowest BCUT2D eigenvalue weighted by Gasteiger charge is -2.35. The third-order valence-corrected chi connectivity index (χ3v) is 4.95. The van der Waals surface area contributed by atoms with Crippen molar-refractivity contribution >= 4 is 18.0 Å². The standard InChI is InChI=1S/C19H32N2O5/c1-13(22)21-11-9-14(10-12-21)17(23)25-16-8-6-5-7-15(16)20-18(24)26-19(2,3)4/h14-16H,5-12H2,1-4H3,(H,20,24)/t15-,16-/m1/s1. The fourth-order valence-electron chi connectivity index (χ4n) is 3.54. The Morgan fingerprint density at radius 2 is 1.62 bits per heavy atom. The molecule has 1 saturated carbocycles. The highest BCUT2D eigenvalue weighted by molar-refractivity contribution is 5.75. The molecule has 7 heteroatoms. The molecule has 2 rings (SSSR count). The number of alkyl carbamates (subject to hydrolysis) is 1. The van der Waals surface area contributed by atoms with Crippen molar-refractivity contribution in [2.45, 2.75) is 84.0 Å². The summed E-state index contributed by atoms with van der Waals surface area (Å²) in [6.45, 7) is 8.20. The van der Waals surface area contributed by atoms with Gasteiger partial charge >= 0.3 is 12.1 Å². The molecule has 1 N–H and O–H groups in total. The fourth-order valence-corrected chi connectivity index (χ4v) is 3.54. The highest BCUT2D eigenvalue weighted by Crippen LogP contribution is 2.25. The van der Waals surface area contributed by atoms with Gasteiger partial charge in [-0.15, -0.1) is 0 Å². The molecule has 0 aromatic rings. The maximum absolute atomic E-state index is 12.5.